The number of aryl methyl sites for hydroxylation is 1. The summed E-state index contributed by atoms with van der Waals surface area (Å²) in [7, 11) is 1.95. The molecule has 1 atom stereocenters. The third-order valence-corrected chi connectivity index (χ3v) is 7.38. The van der Waals surface area contributed by atoms with E-state index in [-0.39, 0.29) is 11.9 Å². The van der Waals surface area contributed by atoms with Crippen LogP contribution in [-0.2, 0) is 11.2 Å². The highest BCUT2D eigenvalue weighted by atomic mass is 32.1. The molecule has 1 aliphatic heterocycles. The minimum absolute atomic E-state index is 0.110. The molecule has 1 amide bonds. The number of ether oxygens (including phenoxy) is 1. The van der Waals surface area contributed by atoms with E-state index in [2.05, 4.69) is 59.5 Å². The lowest BCUT2D eigenvalue weighted by molar-refractivity contribution is 0.0735. The molecular weight excluding hydrogens is 392 g/mol. The second-order valence-electron chi connectivity index (χ2n) is 7.96. The number of anilines is 1. The Morgan fingerprint density at radius 2 is 1.80 bits per heavy atom. The van der Waals surface area contributed by atoms with Crippen molar-refractivity contribution in [3.63, 3.8) is 0 Å². The van der Waals surface area contributed by atoms with Crippen LogP contribution in [0, 0.1) is 0 Å². The molecule has 4 nitrogen and oxygen atoms in total. The molecule has 1 aliphatic carbocycles. The van der Waals surface area contributed by atoms with Crippen molar-refractivity contribution in [2.75, 3.05) is 38.3 Å². The minimum Gasteiger partial charge on any atom is -0.378 e. The van der Waals surface area contributed by atoms with Gasteiger partial charge in [0.05, 0.1) is 29.1 Å². The molecule has 1 fully saturated rings. The number of amides is 1. The zero-order valence-corrected chi connectivity index (χ0v) is 18.0. The van der Waals surface area contributed by atoms with Crippen molar-refractivity contribution in [3.05, 3.63) is 76.7 Å². The van der Waals surface area contributed by atoms with Gasteiger partial charge in [-0.15, -0.1) is 11.3 Å². The summed E-state index contributed by atoms with van der Waals surface area (Å²) in [5, 5.41) is 1.17. The predicted octanol–water partition coefficient (Wildman–Crippen LogP) is 5.01. The smallest absolute Gasteiger partial charge is 0.264 e. The zero-order valence-electron chi connectivity index (χ0n) is 17.2. The number of hydrogen-bond donors (Lipinski definition) is 0. The van der Waals surface area contributed by atoms with Crippen LogP contribution in [0.2, 0.25) is 0 Å². The van der Waals surface area contributed by atoms with Crippen LogP contribution >= 0.6 is 11.3 Å². The molecule has 2 heterocycles. The molecule has 0 saturated carbocycles. The van der Waals surface area contributed by atoms with E-state index < -0.39 is 0 Å². The fourth-order valence-electron chi connectivity index (χ4n) is 4.56. The van der Waals surface area contributed by atoms with Crippen molar-refractivity contribution in [3.8, 4) is 11.1 Å². The Bertz CT molecular complexity index is 1040. The van der Waals surface area contributed by atoms with E-state index in [4.69, 9.17) is 4.74 Å². The molecule has 1 saturated heterocycles. The maximum absolute atomic E-state index is 13.5. The third-order valence-electron chi connectivity index (χ3n) is 6.20. The maximum Gasteiger partial charge on any atom is 0.264 e. The van der Waals surface area contributed by atoms with Crippen LogP contribution in [0.25, 0.3) is 11.1 Å². The first-order chi connectivity index (χ1) is 14.7. The van der Waals surface area contributed by atoms with Crippen LogP contribution in [0.1, 0.15) is 33.3 Å². The Kier molecular flexibility index (Phi) is 5.32. The molecule has 5 heteroatoms. The second kappa shape index (κ2) is 8.25. The average Bonchev–Trinajstić information content (AvgIpc) is 3.44. The molecule has 0 N–H and O–H groups in total. The molecule has 0 bridgehead atoms. The Balaban J connectivity index is 1.48. The van der Waals surface area contributed by atoms with Crippen LogP contribution in [-0.4, -0.2) is 44.2 Å². The summed E-state index contributed by atoms with van der Waals surface area (Å²) in [4.78, 5) is 18.6. The lowest BCUT2D eigenvalue weighted by atomic mass is 10.1. The van der Waals surface area contributed by atoms with Gasteiger partial charge in [0.1, 0.15) is 0 Å². The molecule has 1 aromatic heterocycles. The van der Waals surface area contributed by atoms with E-state index >= 15 is 0 Å². The van der Waals surface area contributed by atoms with E-state index in [1.807, 2.05) is 18.0 Å². The summed E-state index contributed by atoms with van der Waals surface area (Å²) in [6.07, 6.45) is 2.03. The van der Waals surface area contributed by atoms with Gasteiger partial charge in [0.25, 0.3) is 5.91 Å². The van der Waals surface area contributed by atoms with E-state index in [1.54, 1.807) is 11.3 Å². The number of carbonyl (C=O) groups is 1. The lowest BCUT2D eigenvalue weighted by Crippen LogP contribution is -2.35. The quantitative estimate of drug-likeness (QED) is 0.597. The van der Waals surface area contributed by atoms with Gasteiger partial charge in [-0.25, -0.2) is 0 Å². The van der Waals surface area contributed by atoms with Gasteiger partial charge in [0.15, 0.2) is 0 Å². The summed E-state index contributed by atoms with van der Waals surface area (Å²) in [5.74, 6) is 0.110. The number of hydrogen-bond acceptors (Lipinski definition) is 4. The molecule has 1 unspecified atom stereocenters. The van der Waals surface area contributed by atoms with E-state index in [1.165, 1.54) is 16.1 Å². The Labute approximate surface area is 181 Å². The van der Waals surface area contributed by atoms with Gasteiger partial charge >= 0.3 is 0 Å². The fraction of sp³-hybridized carbons (Fsp3) is 0.320. The van der Waals surface area contributed by atoms with Crippen molar-refractivity contribution in [1.29, 1.82) is 0 Å². The Morgan fingerprint density at radius 1 is 1.07 bits per heavy atom. The van der Waals surface area contributed by atoms with Crippen molar-refractivity contribution < 1.29 is 9.53 Å². The third kappa shape index (κ3) is 3.53. The topological polar surface area (TPSA) is 32.8 Å². The summed E-state index contributed by atoms with van der Waals surface area (Å²) in [6, 6.07) is 21.1. The monoisotopic (exact) mass is 418 g/mol. The van der Waals surface area contributed by atoms with Gasteiger partial charge in [-0.1, -0.05) is 54.6 Å². The first-order valence-electron chi connectivity index (χ1n) is 10.6. The first-order valence-corrected chi connectivity index (χ1v) is 11.4. The van der Waals surface area contributed by atoms with Crippen molar-refractivity contribution >= 4 is 22.2 Å². The largest absolute Gasteiger partial charge is 0.378 e. The molecule has 30 heavy (non-hydrogen) atoms. The Morgan fingerprint density at radius 3 is 2.60 bits per heavy atom. The van der Waals surface area contributed by atoms with Gasteiger partial charge in [0, 0.05) is 25.7 Å². The summed E-state index contributed by atoms with van der Waals surface area (Å²) >= 11 is 1.62. The highest BCUT2D eigenvalue weighted by Gasteiger charge is 2.30. The summed E-state index contributed by atoms with van der Waals surface area (Å²) in [5.41, 5.74) is 4.96. The highest BCUT2D eigenvalue weighted by Crippen LogP contribution is 2.41. The van der Waals surface area contributed by atoms with Gasteiger partial charge in [-0.2, -0.15) is 0 Å². The molecule has 2 aromatic carbocycles. The second-order valence-corrected chi connectivity index (χ2v) is 8.99. The maximum atomic E-state index is 13.5. The van der Waals surface area contributed by atoms with Gasteiger partial charge < -0.3 is 14.5 Å². The number of carbonyl (C=O) groups excluding carboxylic acids is 1. The molecule has 0 spiro atoms. The summed E-state index contributed by atoms with van der Waals surface area (Å²) in [6.45, 7) is 3.18. The predicted molar refractivity (Wildman–Crippen MR) is 122 cm³/mol. The van der Waals surface area contributed by atoms with E-state index in [0.29, 0.717) is 0 Å². The van der Waals surface area contributed by atoms with Crippen molar-refractivity contribution in [1.82, 2.24) is 4.90 Å². The number of nitrogens with zero attached hydrogens (tertiary/aromatic N) is 2. The molecular formula is C25H26N2O2S. The Hall–Kier alpha value is -2.63. The summed E-state index contributed by atoms with van der Waals surface area (Å²) < 4.78 is 5.55. The molecule has 5 rings (SSSR count). The fourth-order valence-corrected chi connectivity index (χ4v) is 5.78. The zero-order chi connectivity index (χ0) is 20.5. The number of thiophene rings is 1. The number of fused-ring (bicyclic) bond motifs is 1. The molecule has 3 aromatic rings. The van der Waals surface area contributed by atoms with Crippen molar-refractivity contribution in [2.45, 2.75) is 18.9 Å². The van der Waals surface area contributed by atoms with Crippen LogP contribution in [0.5, 0.6) is 0 Å². The molecule has 2 aliphatic rings. The molecule has 0 radical (unpaired) electrons. The number of benzene rings is 2. The minimum atomic E-state index is 0.110. The van der Waals surface area contributed by atoms with Gasteiger partial charge in [0.2, 0.25) is 0 Å². The first kappa shape index (κ1) is 19.3. The average molecular weight is 419 g/mol. The van der Waals surface area contributed by atoms with Crippen LogP contribution in [0.3, 0.4) is 0 Å². The van der Waals surface area contributed by atoms with Crippen LogP contribution < -0.4 is 4.90 Å². The normalized spacial score (nSPS) is 18.3. The molecule has 154 valence electrons. The van der Waals surface area contributed by atoms with Gasteiger partial charge in [-0.3, -0.25) is 4.79 Å². The SMILES string of the molecule is CN(C(=O)c1cc(-c2ccccc2)c(N2CCOCC2)s1)C1CCc2ccccc21. The highest BCUT2D eigenvalue weighted by molar-refractivity contribution is 7.18. The number of morpholine rings is 1. The van der Waals surface area contributed by atoms with Crippen LogP contribution in [0.4, 0.5) is 5.00 Å². The van der Waals surface area contributed by atoms with E-state index in [0.717, 1.165) is 55.1 Å². The van der Waals surface area contributed by atoms with Gasteiger partial charge in [-0.05, 0) is 35.6 Å². The van der Waals surface area contributed by atoms with Crippen molar-refractivity contribution in [2.24, 2.45) is 0 Å². The number of rotatable bonds is 4. The lowest BCUT2D eigenvalue weighted by Gasteiger charge is -2.28. The standard InChI is InChI=1S/C25H26N2O2S/c1-26(22-12-11-19-9-5-6-10-20(19)22)24(28)23-17-21(18-7-3-2-4-8-18)25(30-23)27-13-15-29-16-14-27/h2-10,17,22H,11-16H2,1H3. The van der Waals surface area contributed by atoms with E-state index in [9.17, 15) is 4.79 Å². The van der Waals surface area contributed by atoms with Crippen LogP contribution in [0.15, 0.2) is 60.7 Å².